The summed E-state index contributed by atoms with van der Waals surface area (Å²) in [6, 6.07) is 15.2. The van der Waals surface area contributed by atoms with E-state index in [4.69, 9.17) is 5.26 Å². The molecule has 3 rings (SSSR count). The number of hydrogen-bond donors (Lipinski definition) is 1. The molecule has 1 N–H and O–H groups in total. The van der Waals surface area contributed by atoms with Gasteiger partial charge in [0, 0.05) is 10.2 Å². The molecule has 0 spiro atoms. The van der Waals surface area contributed by atoms with Crippen LogP contribution in [0, 0.1) is 11.3 Å². The Hall–Kier alpha value is -1.95. The first-order valence-electron chi connectivity index (χ1n) is 6.14. The van der Waals surface area contributed by atoms with Crippen molar-refractivity contribution in [3.8, 4) is 6.07 Å². The summed E-state index contributed by atoms with van der Waals surface area (Å²) < 4.78 is 1.76. The average Bonchev–Trinajstić information content (AvgIpc) is 2.94. The monoisotopic (exact) mass is 389 g/mol. The van der Waals surface area contributed by atoms with Gasteiger partial charge in [-0.1, -0.05) is 39.4 Å². The molecular weight excluding hydrogens is 382 g/mol. The van der Waals surface area contributed by atoms with Crippen molar-refractivity contribution in [2.75, 3.05) is 5.32 Å². The fraction of sp³-hybridized carbons (Fsp3) is 0. The van der Waals surface area contributed by atoms with Gasteiger partial charge >= 0.3 is 0 Å². The van der Waals surface area contributed by atoms with E-state index in [2.05, 4.69) is 36.4 Å². The lowest BCUT2D eigenvalue weighted by molar-refractivity contribution is 1.01. The van der Waals surface area contributed by atoms with Gasteiger partial charge in [-0.25, -0.2) is 4.98 Å². The molecule has 2 aromatic heterocycles. The lowest BCUT2D eigenvalue weighted by Crippen LogP contribution is -1.88. The summed E-state index contributed by atoms with van der Waals surface area (Å²) in [6.45, 7) is 0. The molecule has 0 saturated carbocycles. The minimum absolute atomic E-state index is 0.391. The minimum Gasteiger partial charge on any atom is -0.330 e. The number of nitrogens with zero attached hydrogens (tertiary/aromatic N) is 4. The van der Waals surface area contributed by atoms with E-state index in [0.717, 1.165) is 19.5 Å². The van der Waals surface area contributed by atoms with Crippen molar-refractivity contribution in [3.63, 3.8) is 0 Å². The number of hydrogen-bond acceptors (Lipinski definition) is 7. The van der Waals surface area contributed by atoms with Gasteiger partial charge in [0.2, 0.25) is 5.13 Å². The van der Waals surface area contributed by atoms with Crippen LogP contribution in [-0.4, -0.2) is 15.2 Å². The van der Waals surface area contributed by atoms with E-state index in [1.165, 1.54) is 23.1 Å². The lowest BCUT2D eigenvalue weighted by Gasteiger charge is -2.01. The van der Waals surface area contributed by atoms with E-state index in [1.54, 1.807) is 12.1 Å². The maximum absolute atomic E-state index is 8.86. The van der Waals surface area contributed by atoms with Crippen molar-refractivity contribution in [3.05, 3.63) is 52.6 Å². The highest BCUT2D eigenvalue weighted by molar-refractivity contribution is 9.10. The van der Waals surface area contributed by atoms with Crippen molar-refractivity contribution in [1.82, 2.24) is 15.2 Å². The Morgan fingerprint density at radius 3 is 2.86 bits per heavy atom. The van der Waals surface area contributed by atoms with Crippen LogP contribution in [0.5, 0.6) is 0 Å². The van der Waals surface area contributed by atoms with Gasteiger partial charge in [0.05, 0.1) is 0 Å². The summed E-state index contributed by atoms with van der Waals surface area (Å²) in [5.74, 6) is 0. The maximum Gasteiger partial charge on any atom is 0.210 e. The summed E-state index contributed by atoms with van der Waals surface area (Å²) in [6.07, 6.45) is 0. The van der Waals surface area contributed by atoms with E-state index in [9.17, 15) is 0 Å². The largest absolute Gasteiger partial charge is 0.330 e. The molecule has 0 fully saturated rings. The molecule has 0 saturated heterocycles. The number of pyridine rings is 1. The van der Waals surface area contributed by atoms with Gasteiger partial charge < -0.3 is 5.32 Å². The van der Waals surface area contributed by atoms with Crippen LogP contribution in [-0.2, 0) is 0 Å². The summed E-state index contributed by atoms with van der Waals surface area (Å²) in [5, 5.41) is 21.7. The molecule has 2 heterocycles. The predicted octanol–water partition coefficient (Wildman–Crippen LogP) is 4.46. The van der Waals surface area contributed by atoms with Gasteiger partial charge in [0.1, 0.15) is 16.8 Å². The van der Waals surface area contributed by atoms with E-state index in [0.29, 0.717) is 10.8 Å². The summed E-state index contributed by atoms with van der Waals surface area (Å²) in [5.41, 5.74) is 1.33. The Bertz CT molecular complexity index is 843. The predicted molar refractivity (Wildman–Crippen MR) is 90.4 cm³/mol. The number of nitriles is 1. The van der Waals surface area contributed by atoms with E-state index >= 15 is 0 Å². The SMILES string of the molecule is N#Cc1cccc(Sc2nnc(Nc3cccc(Br)c3)s2)n1. The van der Waals surface area contributed by atoms with Crippen LogP contribution >= 0.6 is 39.0 Å². The Morgan fingerprint density at radius 1 is 1.18 bits per heavy atom. The van der Waals surface area contributed by atoms with Crippen LogP contribution in [0.1, 0.15) is 5.69 Å². The number of anilines is 2. The molecule has 3 aromatic rings. The second-order valence-corrected chi connectivity index (χ2v) is 7.24. The molecule has 0 radical (unpaired) electrons. The second-order valence-electron chi connectivity index (χ2n) is 4.08. The summed E-state index contributed by atoms with van der Waals surface area (Å²) in [4.78, 5) is 4.21. The fourth-order valence-electron chi connectivity index (χ4n) is 1.61. The molecule has 0 aliphatic rings. The number of aromatic nitrogens is 3. The van der Waals surface area contributed by atoms with Crippen molar-refractivity contribution < 1.29 is 0 Å². The highest BCUT2D eigenvalue weighted by atomic mass is 79.9. The third kappa shape index (κ3) is 3.82. The minimum atomic E-state index is 0.391. The van der Waals surface area contributed by atoms with Crippen LogP contribution in [0.15, 0.2) is 56.3 Å². The van der Waals surface area contributed by atoms with Gasteiger partial charge in [-0.05, 0) is 42.1 Å². The van der Waals surface area contributed by atoms with Crippen molar-refractivity contribution in [2.24, 2.45) is 0 Å². The third-order valence-corrected chi connectivity index (χ3v) is 4.83. The zero-order valence-electron chi connectivity index (χ0n) is 11.0. The molecule has 22 heavy (non-hydrogen) atoms. The molecule has 0 aliphatic heterocycles. The lowest BCUT2D eigenvalue weighted by atomic mass is 10.3. The Kier molecular flexibility index (Phi) is 4.68. The first-order valence-corrected chi connectivity index (χ1v) is 8.56. The topological polar surface area (TPSA) is 74.5 Å². The Balaban J connectivity index is 1.72. The van der Waals surface area contributed by atoms with Gasteiger partial charge in [-0.3, -0.25) is 0 Å². The summed E-state index contributed by atoms with van der Waals surface area (Å²) in [7, 11) is 0. The Morgan fingerprint density at radius 2 is 2.05 bits per heavy atom. The van der Waals surface area contributed by atoms with Crippen LogP contribution in [0.25, 0.3) is 0 Å². The van der Waals surface area contributed by atoms with Gasteiger partial charge in [-0.15, -0.1) is 10.2 Å². The van der Waals surface area contributed by atoms with Crippen LogP contribution in [0.4, 0.5) is 10.8 Å². The first kappa shape index (κ1) is 15.0. The van der Waals surface area contributed by atoms with Crippen molar-refractivity contribution in [2.45, 2.75) is 9.37 Å². The van der Waals surface area contributed by atoms with Gasteiger partial charge in [-0.2, -0.15) is 5.26 Å². The molecule has 0 aliphatic carbocycles. The average molecular weight is 390 g/mol. The molecule has 5 nitrogen and oxygen atoms in total. The standard InChI is InChI=1S/C14H8BrN5S2/c15-9-3-1-4-10(7-9)18-13-19-20-14(22-13)21-12-6-2-5-11(8-16)17-12/h1-7H,(H,18,19). The van der Waals surface area contributed by atoms with Gasteiger partial charge in [0.25, 0.3) is 0 Å². The van der Waals surface area contributed by atoms with Crippen molar-refractivity contribution >= 4 is 49.8 Å². The number of rotatable bonds is 4. The third-order valence-electron chi connectivity index (χ3n) is 2.51. The van der Waals surface area contributed by atoms with Crippen molar-refractivity contribution in [1.29, 1.82) is 5.26 Å². The van der Waals surface area contributed by atoms with E-state index in [1.807, 2.05) is 36.4 Å². The molecular formula is C14H8BrN5S2. The number of benzene rings is 1. The normalized spacial score (nSPS) is 10.2. The summed E-state index contributed by atoms with van der Waals surface area (Å²) >= 11 is 6.25. The van der Waals surface area contributed by atoms with E-state index in [-0.39, 0.29) is 0 Å². The molecule has 108 valence electrons. The molecule has 1 aromatic carbocycles. The van der Waals surface area contributed by atoms with E-state index < -0.39 is 0 Å². The van der Waals surface area contributed by atoms with Crippen LogP contribution < -0.4 is 5.32 Å². The van der Waals surface area contributed by atoms with Gasteiger partial charge in [0.15, 0.2) is 4.34 Å². The number of halogens is 1. The van der Waals surface area contributed by atoms with Crippen LogP contribution in [0.3, 0.4) is 0 Å². The molecule has 0 bridgehead atoms. The number of nitrogens with one attached hydrogen (secondary N) is 1. The molecule has 8 heteroatoms. The fourth-order valence-corrected chi connectivity index (χ4v) is 3.72. The molecule has 0 amide bonds. The Labute approximate surface area is 143 Å². The highest BCUT2D eigenvalue weighted by Gasteiger charge is 2.08. The second kappa shape index (κ2) is 6.87. The first-order chi connectivity index (χ1) is 10.7. The molecule has 0 atom stereocenters. The zero-order chi connectivity index (χ0) is 15.4. The smallest absolute Gasteiger partial charge is 0.210 e. The molecule has 0 unspecified atom stereocenters. The quantitative estimate of drug-likeness (QED) is 0.709. The highest BCUT2D eigenvalue weighted by Crippen LogP contribution is 2.32. The maximum atomic E-state index is 8.86. The van der Waals surface area contributed by atoms with Crippen LogP contribution in [0.2, 0.25) is 0 Å². The zero-order valence-corrected chi connectivity index (χ0v) is 14.2.